The summed E-state index contributed by atoms with van der Waals surface area (Å²) in [4.78, 5) is 29.6. The number of nitrogens with zero attached hydrogens (tertiary/aromatic N) is 3. The molecular weight excluding hydrogens is 512 g/mol. The molecule has 11 heteroatoms. The number of halogens is 1. The minimum Gasteiger partial charge on any atom is -0.491 e. The fraction of sp³-hybridized carbons (Fsp3) is 0.115. The lowest BCUT2D eigenvalue weighted by Gasteiger charge is -2.20. The van der Waals surface area contributed by atoms with Crippen molar-refractivity contribution in [2.75, 3.05) is 18.2 Å². The van der Waals surface area contributed by atoms with Gasteiger partial charge in [-0.05, 0) is 42.5 Å². The molecule has 0 aliphatic carbocycles. The van der Waals surface area contributed by atoms with E-state index in [4.69, 9.17) is 16.3 Å². The van der Waals surface area contributed by atoms with Gasteiger partial charge in [-0.2, -0.15) is 0 Å². The molecule has 37 heavy (non-hydrogen) atoms. The van der Waals surface area contributed by atoms with Crippen molar-refractivity contribution < 1.29 is 9.53 Å². The molecule has 5 rings (SSSR count). The van der Waals surface area contributed by atoms with Crippen LogP contribution in [0.2, 0.25) is 4.34 Å². The van der Waals surface area contributed by atoms with Crippen LogP contribution in [0.5, 0.6) is 5.75 Å². The van der Waals surface area contributed by atoms with Gasteiger partial charge < -0.3 is 15.5 Å². The van der Waals surface area contributed by atoms with E-state index in [9.17, 15) is 9.59 Å². The van der Waals surface area contributed by atoms with Gasteiger partial charge in [0.25, 0.3) is 11.5 Å². The summed E-state index contributed by atoms with van der Waals surface area (Å²) in [6.07, 6.45) is 5.92. The number of hydrogen-bond donors (Lipinski definition) is 3. The zero-order chi connectivity index (χ0) is 25.6. The van der Waals surface area contributed by atoms with Crippen molar-refractivity contribution >= 4 is 34.5 Å². The van der Waals surface area contributed by atoms with Crippen LogP contribution in [0.4, 0.5) is 5.69 Å². The number of carbonyl (C=O) groups excluding carboxylic acids is 1. The van der Waals surface area contributed by atoms with Gasteiger partial charge in [-0.3, -0.25) is 24.1 Å². The van der Waals surface area contributed by atoms with Gasteiger partial charge in [0.05, 0.1) is 33.7 Å². The Morgan fingerprint density at radius 3 is 2.78 bits per heavy atom. The van der Waals surface area contributed by atoms with Crippen LogP contribution in [0.3, 0.4) is 0 Å². The molecule has 0 bridgehead atoms. The zero-order valence-electron chi connectivity index (χ0n) is 19.6. The van der Waals surface area contributed by atoms with Crippen LogP contribution >= 0.6 is 22.9 Å². The number of ether oxygens (including phenoxy) is 1. The maximum atomic E-state index is 12.4. The van der Waals surface area contributed by atoms with Crippen LogP contribution in [-0.2, 0) is 6.42 Å². The summed E-state index contributed by atoms with van der Waals surface area (Å²) in [5.41, 5.74) is 9.07. The van der Waals surface area contributed by atoms with E-state index in [1.807, 2.05) is 42.6 Å². The molecule has 4 heterocycles. The van der Waals surface area contributed by atoms with Crippen LogP contribution in [0.1, 0.15) is 15.4 Å². The minimum atomic E-state index is -0.200. The molecule has 0 fully saturated rings. The van der Waals surface area contributed by atoms with Crippen molar-refractivity contribution in [2.24, 2.45) is 0 Å². The first-order valence-electron chi connectivity index (χ1n) is 11.5. The number of rotatable bonds is 9. The highest BCUT2D eigenvalue weighted by atomic mass is 35.5. The highest BCUT2D eigenvalue weighted by Gasteiger charge is 2.19. The molecule has 1 aromatic carbocycles. The number of nitrogens with one attached hydrogen (secondary N) is 3. The number of pyridine rings is 2. The Morgan fingerprint density at radius 2 is 2.00 bits per heavy atom. The number of thiophene rings is 1. The third-order valence-electron chi connectivity index (χ3n) is 5.50. The van der Waals surface area contributed by atoms with Crippen molar-refractivity contribution in [2.45, 2.75) is 6.42 Å². The van der Waals surface area contributed by atoms with E-state index in [0.717, 1.165) is 17.1 Å². The Labute approximate surface area is 221 Å². The first-order valence-corrected chi connectivity index (χ1v) is 12.7. The summed E-state index contributed by atoms with van der Waals surface area (Å²) >= 11 is 7.15. The van der Waals surface area contributed by atoms with Crippen molar-refractivity contribution in [3.05, 3.63) is 116 Å². The second kappa shape index (κ2) is 11.3. The van der Waals surface area contributed by atoms with Gasteiger partial charge >= 0.3 is 0 Å². The van der Waals surface area contributed by atoms with Gasteiger partial charge in [-0.25, -0.2) is 0 Å². The zero-order valence-corrected chi connectivity index (χ0v) is 21.1. The molecule has 0 unspecified atom stereocenters. The number of amides is 1. The van der Waals surface area contributed by atoms with Crippen molar-refractivity contribution in [3.63, 3.8) is 0 Å². The predicted molar refractivity (Wildman–Crippen MR) is 144 cm³/mol. The molecule has 0 spiro atoms. The Kier molecular flexibility index (Phi) is 7.50. The van der Waals surface area contributed by atoms with Crippen LogP contribution in [0.15, 0.2) is 95.8 Å². The highest BCUT2D eigenvalue weighted by molar-refractivity contribution is 7.18. The Bertz CT molecular complexity index is 1490. The van der Waals surface area contributed by atoms with Crippen LogP contribution in [0, 0.1) is 0 Å². The van der Waals surface area contributed by atoms with E-state index in [2.05, 4.69) is 21.3 Å². The second-order valence-corrected chi connectivity index (χ2v) is 9.74. The molecule has 1 amide bonds. The fourth-order valence-corrected chi connectivity index (χ4v) is 4.65. The lowest BCUT2D eigenvalue weighted by Crippen LogP contribution is -2.38. The molecular formula is C26H23ClN6O3S. The van der Waals surface area contributed by atoms with Gasteiger partial charge in [0.15, 0.2) is 0 Å². The first kappa shape index (κ1) is 24.6. The molecule has 9 nitrogen and oxygen atoms in total. The van der Waals surface area contributed by atoms with E-state index >= 15 is 0 Å². The molecule has 0 saturated carbocycles. The first-order chi connectivity index (χ1) is 18.1. The summed E-state index contributed by atoms with van der Waals surface area (Å²) in [7, 11) is 0. The molecule has 0 radical (unpaired) electrons. The minimum absolute atomic E-state index is 0.138. The summed E-state index contributed by atoms with van der Waals surface area (Å²) in [5, 5.41) is 4.63. The Morgan fingerprint density at radius 1 is 1.11 bits per heavy atom. The second-order valence-electron chi connectivity index (χ2n) is 8.03. The number of anilines is 1. The largest absolute Gasteiger partial charge is 0.491 e. The van der Waals surface area contributed by atoms with Crippen LogP contribution in [0.25, 0.3) is 5.69 Å². The lowest BCUT2D eigenvalue weighted by molar-refractivity contribution is 0.0960. The standard InChI is InChI=1S/C26H23ClN6O3S/c27-24-10-9-23(37-24)26(35)29-16-19-17-33(31-30-19)21-8-7-20(32-13-4-2-6-25(32)34)15-22(21)36-14-11-18-5-1-3-12-28-18/h1-10,12-13,15,17,30-31H,11,14,16H2,(H,29,35). The topological polar surface area (TPSA) is 101 Å². The molecule has 4 aromatic rings. The smallest absolute Gasteiger partial charge is 0.261 e. The van der Waals surface area contributed by atoms with Crippen molar-refractivity contribution in [3.8, 4) is 11.4 Å². The van der Waals surface area contributed by atoms with Crippen molar-refractivity contribution in [1.82, 2.24) is 25.8 Å². The molecule has 188 valence electrons. The van der Waals surface area contributed by atoms with E-state index in [0.29, 0.717) is 33.7 Å². The average Bonchev–Trinajstić information content (AvgIpc) is 3.57. The Balaban J connectivity index is 1.34. The van der Waals surface area contributed by atoms with Gasteiger partial charge in [0, 0.05) is 42.8 Å². The molecule has 3 N–H and O–H groups in total. The highest BCUT2D eigenvalue weighted by Crippen LogP contribution is 2.31. The molecule has 0 atom stereocenters. The molecule has 3 aromatic heterocycles. The number of carbonyl (C=O) groups is 1. The summed E-state index contributed by atoms with van der Waals surface area (Å²) < 4.78 is 8.29. The van der Waals surface area contributed by atoms with E-state index in [1.165, 1.54) is 17.4 Å². The number of hydrogen-bond acceptors (Lipinski definition) is 8. The van der Waals surface area contributed by atoms with Gasteiger partial charge in [0.1, 0.15) is 11.4 Å². The SMILES string of the molecule is O=C(NCC1=CN(c2ccc(-n3ccccc3=O)cc2OCCc2ccccn2)NN1)c1ccc(Cl)s1. The molecule has 1 aliphatic heterocycles. The van der Waals surface area contributed by atoms with Gasteiger partial charge in [-0.1, -0.05) is 23.7 Å². The normalized spacial score (nSPS) is 12.7. The summed E-state index contributed by atoms with van der Waals surface area (Å²) in [6, 6.07) is 19.7. The van der Waals surface area contributed by atoms with E-state index in [-0.39, 0.29) is 18.0 Å². The molecule has 1 aliphatic rings. The Hall–Kier alpha value is -4.12. The summed E-state index contributed by atoms with van der Waals surface area (Å²) in [6.45, 7) is 0.680. The maximum absolute atomic E-state index is 12.4. The van der Waals surface area contributed by atoms with Gasteiger partial charge in [0.2, 0.25) is 0 Å². The maximum Gasteiger partial charge on any atom is 0.261 e. The fourth-order valence-electron chi connectivity index (χ4n) is 3.69. The number of benzene rings is 1. The lowest BCUT2D eigenvalue weighted by atomic mass is 10.2. The van der Waals surface area contributed by atoms with Crippen molar-refractivity contribution in [1.29, 1.82) is 0 Å². The molecule has 0 saturated heterocycles. The number of aromatic nitrogens is 2. The van der Waals surface area contributed by atoms with Gasteiger partial charge in [-0.15, -0.1) is 16.9 Å². The quantitative estimate of drug-likeness (QED) is 0.301. The predicted octanol–water partition coefficient (Wildman–Crippen LogP) is 3.67. The average molecular weight is 535 g/mol. The van der Waals surface area contributed by atoms with Crippen LogP contribution < -0.4 is 31.6 Å². The van der Waals surface area contributed by atoms with Crippen LogP contribution in [-0.4, -0.2) is 28.6 Å². The summed E-state index contributed by atoms with van der Waals surface area (Å²) in [5.74, 6) is 0.377. The third kappa shape index (κ3) is 6.00. The third-order valence-corrected chi connectivity index (χ3v) is 6.73. The number of hydrazine groups is 2. The van der Waals surface area contributed by atoms with E-state index < -0.39 is 0 Å². The van der Waals surface area contributed by atoms with E-state index in [1.54, 1.807) is 46.2 Å². The monoisotopic (exact) mass is 534 g/mol.